The Kier molecular flexibility index (Phi) is 6.00. The Morgan fingerprint density at radius 2 is 1.83 bits per heavy atom. The molecule has 0 saturated carbocycles. The molecule has 24 heavy (non-hydrogen) atoms. The first-order valence-electron chi connectivity index (χ1n) is 7.91. The number of likely N-dealkylation sites (N-methyl/N-ethyl adjacent to an activating group) is 1. The van der Waals surface area contributed by atoms with Crippen molar-refractivity contribution >= 4 is 11.8 Å². The summed E-state index contributed by atoms with van der Waals surface area (Å²) >= 11 is 0. The monoisotopic (exact) mass is 330 g/mol. The molecule has 8 heteroatoms. The maximum atomic E-state index is 11.8. The molecule has 0 radical (unpaired) electrons. The molecule has 8 nitrogen and oxygen atoms in total. The van der Waals surface area contributed by atoms with E-state index in [9.17, 15) is 9.59 Å². The van der Waals surface area contributed by atoms with Crippen LogP contribution < -0.4 is 10.6 Å². The third kappa shape index (κ3) is 4.87. The van der Waals surface area contributed by atoms with Gasteiger partial charge in [-0.3, -0.25) is 9.59 Å². The van der Waals surface area contributed by atoms with Gasteiger partial charge in [0.2, 0.25) is 17.6 Å². The number of amides is 2. The van der Waals surface area contributed by atoms with E-state index in [1.165, 1.54) is 10.4 Å². The van der Waals surface area contributed by atoms with E-state index in [1.54, 1.807) is 0 Å². The van der Waals surface area contributed by atoms with E-state index in [-0.39, 0.29) is 24.9 Å². The standard InChI is InChI=1S/C16H22N6O2/c1-4-17-14(23)9-18-15(24)10-22-20-16(19-21-22)13-7-5-12(6-8-13)11(2)3/h5-8,11H,4,9-10H2,1-3H3,(H,17,23)(H,18,24). The molecule has 2 rings (SSSR count). The van der Waals surface area contributed by atoms with Crippen molar-refractivity contribution in [1.29, 1.82) is 0 Å². The van der Waals surface area contributed by atoms with Gasteiger partial charge in [-0.25, -0.2) is 0 Å². The van der Waals surface area contributed by atoms with E-state index < -0.39 is 0 Å². The second kappa shape index (κ2) is 8.19. The van der Waals surface area contributed by atoms with Crippen LogP contribution in [0.5, 0.6) is 0 Å². The van der Waals surface area contributed by atoms with Gasteiger partial charge >= 0.3 is 0 Å². The molecular formula is C16H22N6O2. The maximum Gasteiger partial charge on any atom is 0.244 e. The summed E-state index contributed by atoms with van der Waals surface area (Å²) in [6.45, 7) is 6.44. The highest BCUT2D eigenvalue weighted by molar-refractivity contribution is 5.84. The van der Waals surface area contributed by atoms with E-state index in [4.69, 9.17) is 0 Å². The van der Waals surface area contributed by atoms with E-state index >= 15 is 0 Å². The summed E-state index contributed by atoms with van der Waals surface area (Å²) in [7, 11) is 0. The Bertz CT molecular complexity index is 693. The number of carbonyl (C=O) groups is 2. The molecule has 0 saturated heterocycles. The normalized spacial score (nSPS) is 10.7. The fourth-order valence-electron chi connectivity index (χ4n) is 2.07. The van der Waals surface area contributed by atoms with Crippen LogP contribution in [-0.4, -0.2) is 45.1 Å². The van der Waals surface area contributed by atoms with Crippen LogP contribution in [0.4, 0.5) is 0 Å². The fourth-order valence-corrected chi connectivity index (χ4v) is 2.07. The minimum Gasteiger partial charge on any atom is -0.355 e. The average molecular weight is 330 g/mol. The minimum absolute atomic E-state index is 0.0646. The number of rotatable bonds is 7. The first kappa shape index (κ1) is 17.6. The number of hydrogen-bond acceptors (Lipinski definition) is 5. The lowest BCUT2D eigenvalue weighted by Gasteiger charge is -2.05. The van der Waals surface area contributed by atoms with Gasteiger partial charge in [0.25, 0.3) is 0 Å². The zero-order chi connectivity index (χ0) is 17.5. The molecule has 1 aromatic heterocycles. The Morgan fingerprint density at radius 3 is 2.46 bits per heavy atom. The zero-order valence-corrected chi connectivity index (χ0v) is 14.1. The maximum absolute atomic E-state index is 11.8. The van der Waals surface area contributed by atoms with Crippen molar-refractivity contribution in [3.8, 4) is 11.4 Å². The van der Waals surface area contributed by atoms with Crippen LogP contribution >= 0.6 is 0 Å². The molecule has 1 heterocycles. The van der Waals surface area contributed by atoms with Gasteiger partial charge in [0.05, 0.1) is 6.54 Å². The second-order valence-corrected chi connectivity index (χ2v) is 5.65. The quantitative estimate of drug-likeness (QED) is 0.779. The van der Waals surface area contributed by atoms with Crippen LogP contribution in [0.2, 0.25) is 0 Å². The van der Waals surface area contributed by atoms with Crippen molar-refractivity contribution in [2.24, 2.45) is 0 Å². The Labute approximate surface area is 140 Å². The van der Waals surface area contributed by atoms with Gasteiger partial charge in [-0.15, -0.1) is 10.2 Å². The molecule has 1 aromatic carbocycles. The molecule has 2 aromatic rings. The first-order chi connectivity index (χ1) is 11.5. The molecule has 0 atom stereocenters. The molecule has 2 N–H and O–H groups in total. The lowest BCUT2D eigenvalue weighted by Crippen LogP contribution is -2.38. The molecular weight excluding hydrogens is 308 g/mol. The number of nitrogens with zero attached hydrogens (tertiary/aromatic N) is 4. The van der Waals surface area contributed by atoms with Crippen molar-refractivity contribution in [2.45, 2.75) is 33.2 Å². The summed E-state index contributed by atoms with van der Waals surface area (Å²) < 4.78 is 0. The van der Waals surface area contributed by atoms with Crippen molar-refractivity contribution in [3.05, 3.63) is 29.8 Å². The predicted octanol–water partition coefficient (Wildman–Crippen LogP) is 0.716. The molecule has 0 unspecified atom stereocenters. The Morgan fingerprint density at radius 1 is 1.12 bits per heavy atom. The van der Waals surface area contributed by atoms with Gasteiger partial charge < -0.3 is 10.6 Å². The molecule has 0 aliphatic heterocycles. The number of tetrazole rings is 1. The molecule has 2 amide bonds. The fraction of sp³-hybridized carbons (Fsp3) is 0.438. The van der Waals surface area contributed by atoms with Crippen LogP contribution in [0, 0.1) is 0 Å². The topological polar surface area (TPSA) is 102 Å². The Balaban J connectivity index is 1.93. The average Bonchev–Trinajstić information content (AvgIpc) is 3.02. The van der Waals surface area contributed by atoms with Gasteiger partial charge in [0, 0.05) is 12.1 Å². The minimum atomic E-state index is -0.347. The van der Waals surface area contributed by atoms with Crippen LogP contribution in [0.15, 0.2) is 24.3 Å². The summed E-state index contributed by atoms with van der Waals surface area (Å²) in [6.07, 6.45) is 0. The van der Waals surface area contributed by atoms with Gasteiger partial charge in [-0.1, -0.05) is 38.1 Å². The number of nitrogens with one attached hydrogen (secondary N) is 2. The molecule has 0 bridgehead atoms. The SMILES string of the molecule is CCNC(=O)CNC(=O)Cn1nnc(-c2ccc(C(C)C)cc2)n1. The van der Waals surface area contributed by atoms with E-state index in [2.05, 4.69) is 39.9 Å². The summed E-state index contributed by atoms with van der Waals surface area (Å²) in [5, 5.41) is 17.1. The highest BCUT2D eigenvalue weighted by Gasteiger charge is 2.10. The predicted molar refractivity (Wildman–Crippen MR) is 89.0 cm³/mol. The third-order valence-corrected chi connectivity index (χ3v) is 3.39. The van der Waals surface area contributed by atoms with Gasteiger partial charge in [0.1, 0.15) is 6.54 Å². The zero-order valence-electron chi connectivity index (χ0n) is 14.1. The summed E-state index contributed by atoms with van der Waals surface area (Å²) in [5.74, 6) is 0.335. The largest absolute Gasteiger partial charge is 0.355 e. The molecule has 0 spiro atoms. The number of aromatic nitrogens is 4. The highest BCUT2D eigenvalue weighted by atomic mass is 16.2. The molecule has 128 valence electrons. The number of hydrogen-bond donors (Lipinski definition) is 2. The molecule has 0 aliphatic carbocycles. The van der Waals surface area contributed by atoms with Crippen molar-refractivity contribution in [3.63, 3.8) is 0 Å². The van der Waals surface area contributed by atoms with Gasteiger partial charge in [0.15, 0.2) is 0 Å². The van der Waals surface area contributed by atoms with E-state index in [0.29, 0.717) is 18.3 Å². The molecule has 0 fully saturated rings. The summed E-state index contributed by atoms with van der Waals surface area (Å²) in [5.41, 5.74) is 2.07. The summed E-state index contributed by atoms with van der Waals surface area (Å²) in [4.78, 5) is 24.3. The van der Waals surface area contributed by atoms with Crippen LogP contribution in [0.1, 0.15) is 32.3 Å². The smallest absolute Gasteiger partial charge is 0.244 e. The van der Waals surface area contributed by atoms with Crippen LogP contribution in [0.25, 0.3) is 11.4 Å². The summed E-state index contributed by atoms with van der Waals surface area (Å²) in [6, 6.07) is 7.93. The lowest BCUT2D eigenvalue weighted by atomic mass is 10.0. The van der Waals surface area contributed by atoms with Crippen LogP contribution in [0.3, 0.4) is 0 Å². The van der Waals surface area contributed by atoms with Crippen molar-refractivity contribution in [1.82, 2.24) is 30.8 Å². The molecule has 0 aliphatic rings. The highest BCUT2D eigenvalue weighted by Crippen LogP contribution is 2.19. The second-order valence-electron chi connectivity index (χ2n) is 5.65. The van der Waals surface area contributed by atoms with E-state index in [0.717, 1.165) is 5.56 Å². The van der Waals surface area contributed by atoms with Gasteiger partial charge in [-0.2, -0.15) is 4.80 Å². The van der Waals surface area contributed by atoms with E-state index in [1.807, 2.05) is 31.2 Å². The van der Waals surface area contributed by atoms with Crippen molar-refractivity contribution < 1.29 is 9.59 Å². The lowest BCUT2D eigenvalue weighted by molar-refractivity contribution is -0.126. The van der Waals surface area contributed by atoms with Gasteiger partial charge in [-0.05, 0) is 23.6 Å². The third-order valence-electron chi connectivity index (χ3n) is 3.39. The number of benzene rings is 1. The Hall–Kier alpha value is -2.77. The number of carbonyl (C=O) groups excluding carboxylic acids is 2. The van der Waals surface area contributed by atoms with Crippen LogP contribution in [-0.2, 0) is 16.1 Å². The first-order valence-corrected chi connectivity index (χ1v) is 7.91. The van der Waals surface area contributed by atoms with Crippen molar-refractivity contribution in [2.75, 3.05) is 13.1 Å².